The number of hydrogen-bond donors (Lipinski definition) is 0. The molecule has 0 aliphatic heterocycles. The normalized spacial score (nSPS) is 12.0. The summed E-state index contributed by atoms with van der Waals surface area (Å²) in [7, 11) is 3.24. The van der Waals surface area contributed by atoms with Crippen molar-refractivity contribution in [2.45, 2.75) is 5.38 Å². The zero-order valence-electron chi connectivity index (χ0n) is 10.7. The van der Waals surface area contributed by atoms with Crippen LogP contribution in [-0.4, -0.2) is 14.2 Å². The Morgan fingerprint density at radius 3 is 2.05 bits per heavy atom. The first-order valence-corrected chi connectivity index (χ1v) is 7.28. The fourth-order valence-corrected chi connectivity index (χ4v) is 2.48. The molecule has 0 aromatic heterocycles. The molecule has 0 radical (unpaired) electrons. The second-order valence-corrected chi connectivity index (χ2v) is 5.71. The topological polar surface area (TPSA) is 18.5 Å². The highest BCUT2D eigenvalue weighted by atomic mass is 127. The first-order valence-electron chi connectivity index (χ1n) is 5.77. The van der Waals surface area contributed by atoms with Crippen LogP contribution in [0.15, 0.2) is 42.5 Å². The molecular formula is C15H14ClIO2. The molecular weight excluding hydrogens is 375 g/mol. The molecule has 19 heavy (non-hydrogen) atoms. The van der Waals surface area contributed by atoms with Crippen LogP contribution in [0.1, 0.15) is 16.5 Å². The van der Waals surface area contributed by atoms with Gasteiger partial charge in [-0.1, -0.05) is 18.2 Å². The third-order valence-corrected chi connectivity index (χ3v) is 4.09. The Kier molecular flexibility index (Phi) is 4.93. The minimum absolute atomic E-state index is 0.197. The molecule has 2 nitrogen and oxygen atoms in total. The first-order chi connectivity index (χ1) is 9.15. The SMILES string of the molecule is COc1ccc(C(Cl)c2ccc(I)cc2)cc1OC. The molecule has 0 amide bonds. The van der Waals surface area contributed by atoms with Gasteiger partial charge in [-0.25, -0.2) is 0 Å². The van der Waals surface area contributed by atoms with Crippen LogP contribution in [0.5, 0.6) is 11.5 Å². The van der Waals surface area contributed by atoms with Crippen LogP contribution in [0.3, 0.4) is 0 Å². The largest absolute Gasteiger partial charge is 0.493 e. The van der Waals surface area contributed by atoms with Gasteiger partial charge in [-0.15, -0.1) is 11.6 Å². The van der Waals surface area contributed by atoms with E-state index in [-0.39, 0.29) is 5.38 Å². The molecule has 0 aliphatic rings. The molecule has 0 heterocycles. The molecule has 2 rings (SSSR count). The van der Waals surface area contributed by atoms with Gasteiger partial charge in [0, 0.05) is 3.57 Å². The fourth-order valence-electron chi connectivity index (χ4n) is 1.83. The number of hydrogen-bond acceptors (Lipinski definition) is 2. The molecule has 0 aliphatic carbocycles. The van der Waals surface area contributed by atoms with Gasteiger partial charge >= 0.3 is 0 Å². The number of alkyl halides is 1. The summed E-state index contributed by atoms with van der Waals surface area (Å²) in [5, 5.41) is -0.197. The fraction of sp³-hybridized carbons (Fsp3) is 0.200. The van der Waals surface area contributed by atoms with Crippen molar-refractivity contribution in [1.82, 2.24) is 0 Å². The quantitative estimate of drug-likeness (QED) is 0.561. The minimum Gasteiger partial charge on any atom is -0.493 e. The maximum atomic E-state index is 6.51. The van der Waals surface area contributed by atoms with E-state index in [1.54, 1.807) is 14.2 Å². The maximum Gasteiger partial charge on any atom is 0.161 e. The van der Waals surface area contributed by atoms with Crippen LogP contribution < -0.4 is 9.47 Å². The lowest BCUT2D eigenvalue weighted by Gasteiger charge is -2.14. The Balaban J connectivity index is 2.33. The lowest BCUT2D eigenvalue weighted by molar-refractivity contribution is 0.354. The summed E-state index contributed by atoms with van der Waals surface area (Å²) in [6.45, 7) is 0. The third-order valence-electron chi connectivity index (χ3n) is 2.86. The van der Waals surface area contributed by atoms with Gasteiger partial charge in [0.05, 0.1) is 19.6 Å². The van der Waals surface area contributed by atoms with Crippen LogP contribution in [0.25, 0.3) is 0 Å². The van der Waals surface area contributed by atoms with E-state index < -0.39 is 0 Å². The molecule has 0 saturated heterocycles. The van der Waals surface area contributed by atoms with Crippen LogP contribution in [-0.2, 0) is 0 Å². The summed E-state index contributed by atoms with van der Waals surface area (Å²) in [6, 6.07) is 13.9. The zero-order valence-corrected chi connectivity index (χ0v) is 13.6. The lowest BCUT2D eigenvalue weighted by atomic mass is 10.0. The van der Waals surface area contributed by atoms with Crippen molar-refractivity contribution in [3.05, 3.63) is 57.2 Å². The number of benzene rings is 2. The van der Waals surface area contributed by atoms with Gasteiger partial charge in [-0.3, -0.25) is 0 Å². The smallest absolute Gasteiger partial charge is 0.161 e. The molecule has 0 spiro atoms. The van der Waals surface area contributed by atoms with Gasteiger partial charge in [0.1, 0.15) is 0 Å². The average Bonchev–Trinajstić information content (AvgIpc) is 2.46. The summed E-state index contributed by atoms with van der Waals surface area (Å²) < 4.78 is 11.7. The predicted octanol–water partition coefficient (Wildman–Crippen LogP) is 4.64. The van der Waals surface area contributed by atoms with Crippen molar-refractivity contribution in [1.29, 1.82) is 0 Å². The summed E-state index contributed by atoms with van der Waals surface area (Å²) in [4.78, 5) is 0. The summed E-state index contributed by atoms with van der Waals surface area (Å²) in [5.74, 6) is 1.40. The van der Waals surface area contributed by atoms with Gasteiger partial charge in [0.2, 0.25) is 0 Å². The summed E-state index contributed by atoms with van der Waals surface area (Å²) >= 11 is 8.79. The zero-order chi connectivity index (χ0) is 13.8. The number of methoxy groups -OCH3 is 2. The second kappa shape index (κ2) is 6.48. The van der Waals surface area contributed by atoms with Crippen molar-refractivity contribution in [2.24, 2.45) is 0 Å². The molecule has 100 valence electrons. The molecule has 1 unspecified atom stereocenters. The van der Waals surface area contributed by atoms with E-state index in [0.717, 1.165) is 11.1 Å². The Bertz CT molecular complexity index is 555. The van der Waals surface area contributed by atoms with Crippen molar-refractivity contribution < 1.29 is 9.47 Å². The van der Waals surface area contributed by atoms with E-state index in [2.05, 4.69) is 22.6 Å². The molecule has 0 saturated carbocycles. The molecule has 0 fully saturated rings. The van der Waals surface area contributed by atoms with Crippen molar-refractivity contribution >= 4 is 34.2 Å². The Morgan fingerprint density at radius 1 is 0.895 bits per heavy atom. The van der Waals surface area contributed by atoms with E-state index in [9.17, 15) is 0 Å². The standard InChI is InChI=1S/C15H14ClIO2/c1-18-13-8-5-11(9-14(13)19-2)15(16)10-3-6-12(17)7-4-10/h3-9,15H,1-2H3. The average molecular weight is 389 g/mol. The van der Waals surface area contributed by atoms with Crippen LogP contribution in [0, 0.1) is 3.57 Å². The monoisotopic (exact) mass is 388 g/mol. The van der Waals surface area contributed by atoms with E-state index in [0.29, 0.717) is 11.5 Å². The van der Waals surface area contributed by atoms with Crippen LogP contribution in [0.4, 0.5) is 0 Å². The van der Waals surface area contributed by atoms with Crippen LogP contribution in [0.2, 0.25) is 0 Å². The molecule has 0 N–H and O–H groups in total. The van der Waals surface area contributed by atoms with Crippen molar-refractivity contribution in [2.75, 3.05) is 14.2 Å². The Hall–Kier alpha value is -0.940. The van der Waals surface area contributed by atoms with Gasteiger partial charge in [0.25, 0.3) is 0 Å². The minimum atomic E-state index is -0.197. The number of rotatable bonds is 4. The molecule has 2 aromatic rings. The highest BCUT2D eigenvalue weighted by Crippen LogP contribution is 2.35. The van der Waals surface area contributed by atoms with Gasteiger partial charge in [-0.05, 0) is 58.0 Å². The number of halogens is 2. The van der Waals surface area contributed by atoms with E-state index in [1.165, 1.54) is 3.57 Å². The summed E-state index contributed by atoms with van der Waals surface area (Å²) in [6.07, 6.45) is 0. The van der Waals surface area contributed by atoms with Gasteiger partial charge in [0.15, 0.2) is 11.5 Å². The third kappa shape index (κ3) is 3.34. The van der Waals surface area contributed by atoms with E-state index in [1.807, 2.05) is 42.5 Å². The van der Waals surface area contributed by atoms with Gasteiger partial charge < -0.3 is 9.47 Å². The second-order valence-electron chi connectivity index (χ2n) is 4.03. The highest BCUT2D eigenvalue weighted by molar-refractivity contribution is 14.1. The predicted molar refractivity (Wildman–Crippen MR) is 86.4 cm³/mol. The number of ether oxygens (including phenoxy) is 2. The first kappa shape index (κ1) is 14.5. The molecule has 1 atom stereocenters. The Labute approximate surface area is 131 Å². The van der Waals surface area contributed by atoms with Crippen molar-refractivity contribution in [3.8, 4) is 11.5 Å². The van der Waals surface area contributed by atoms with E-state index in [4.69, 9.17) is 21.1 Å². The van der Waals surface area contributed by atoms with Crippen LogP contribution >= 0.6 is 34.2 Å². The molecule has 2 aromatic carbocycles. The summed E-state index contributed by atoms with van der Waals surface area (Å²) in [5.41, 5.74) is 2.05. The maximum absolute atomic E-state index is 6.51. The Morgan fingerprint density at radius 2 is 1.47 bits per heavy atom. The van der Waals surface area contributed by atoms with Gasteiger partial charge in [-0.2, -0.15) is 0 Å². The lowest BCUT2D eigenvalue weighted by Crippen LogP contribution is -1.96. The highest BCUT2D eigenvalue weighted by Gasteiger charge is 2.13. The molecule has 0 bridgehead atoms. The molecule has 4 heteroatoms. The van der Waals surface area contributed by atoms with E-state index >= 15 is 0 Å². The van der Waals surface area contributed by atoms with Crippen molar-refractivity contribution in [3.63, 3.8) is 0 Å².